The first-order valence-electron chi connectivity index (χ1n) is 12.0. The van der Waals surface area contributed by atoms with Gasteiger partial charge in [0, 0.05) is 30.2 Å². The number of benzene rings is 3. The minimum Gasteiger partial charge on any atom is -0.475 e. The number of rotatable bonds is 6. The maximum atomic E-state index is 10.6. The molecule has 2 heterocycles. The van der Waals surface area contributed by atoms with Gasteiger partial charge in [0.15, 0.2) is 0 Å². The number of nitrogens with zero attached hydrogens (tertiary/aromatic N) is 2. The van der Waals surface area contributed by atoms with Crippen molar-refractivity contribution in [1.29, 1.82) is 0 Å². The molecular weight excluding hydrogens is 465 g/mol. The van der Waals surface area contributed by atoms with Crippen LogP contribution in [0.15, 0.2) is 85.1 Å². The Morgan fingerprint density at radius 2 is 1.50 bits per heavy atom. The lowest BCUT2D eigenvalue weighted by molar-refractivity contribution is -0.192. The minimum absolute atomic E-state index is 0.974. The number of fused-ring (bicyclic) bond motifs is 1. The van der Waals surface area contributed by atoms with E-state index in [1.807, 2.05) is 0 Å². The number of likely N-dealkylation sites (tertiary alicyclic amines) is 1. The van der Waals surface area contributed by atoms with Gasteiger partial charge in [-0.3, -0.25) is 0 Å². The zero-order valence-corrected chi connectivity index (χ0v) is 19.9. The van der Waals surface area contributed by atoms with Crippen LogP contribution >= 0.6 is 0 Å². The standard InChI is InChI=1S/C27H28N2.C2HF3O2/c1-2-8-22(9-3-1)20-23-10-6-11-24(21-23)25-12-7-13-27-26(25)14-17-29(27)19-18-28-15-4-5-16-28;3-2(4,5)1(6)7/h1-3,6-14,17,21H,4-5,15-16,18-20H2;(H,6,7). The second-order valence-electron chi connectivity index (χ2n) is 8.96. The summed E-state index contributed by atoms with van der Waals surface area (Å²) in [6, 6.07) is 28.7. The Hall–Kier alpha value is -3.58. The molecule has 0 aliphatic carbocycles. The molecule has 36 heavy (non-hydrogen) atoms. The van der Waals surface area contributed by atoms with E-state index in [2.05, 4.69) is 94.5 Å². The van der Waals surface area contributed by atoms with Gasteiger partial charge in [-0.05, 0) is 66.7 Å². The summed E-state index contributed by atoms with van der Waals surface area (Å²) in [4.78, 5) is 11.5. The van der Waals surface area contributed by atoms with Gasteiger partial charge in [-0.15, -0.1) is 0 Å². The predicted molar refractivity (Wildman–Crippen MR) is 136 cm³/mol. The molecule has 3 aromatic carbocycles. The zero-order chi connectivity index (χ0) is 25.5. The third kappa shape index (κ3) is 6.55. The predicted octanol–water partition coefficient (Wildman–Crippen LogP) is 6.63. The van der Waals surface area contributed by atoms with Crippen LogP contribution in [0.2, 0.25) is 0 Å². The summed E-state index contributed by atoms with van der Waals surface area (Å²) in [5.41, 5.74) is 6.70. The van der Waals surface area contributed by atoms with E-state index in [-0.39, 0.29) is 0 Å². The quantitative estimate of drug-likeness (QED) is 0.327. The van der Waals surface area contributed by atoms with Crippen molar-refractivity contribution < 1.29 is 23.1 Å². The van der Waals surface area contributed by atoms with Crippen LogP contribution in [-0.4, -0.2) is 46.4 Å². The molecule has 1 aromatic heterocycles. The molecule has 1 N–H and O–H groups in total. The minimum atomic E-state index is -5.08. The van der Waals surface area contributed by atoms with E-state index in [9.17, 15) is 13.2 Å². The van der Waals surface area contributed by atoms with Crippen LogP contribution in [-0.2, 0) is 17.8 Å². The number of aliphatic carboxylic acids is 1. The van der Waals surface area contributed by atoms with Crippen molar-refractivity contribution in [1.82, 2.24) is 9.47 Å². The molecule has 0 radical (unpaired) electrons. The number of alkyl halides is 3. The summed E-state index contributed by atoms with van der Waals surface area (Å²) < 4.78 is 34.2. The molecule has 1 aliphatic rings. The van der Waals surface area contributed by atoms with Crippen molar-refractivity contribution in [3.8, 4) is 11.1 Å². The molecule has 1 saturated heterocycles. The molecule has 4 aromatic rings. The highest BCUT2D eigenvalue weighted by atomic mass is 19.4. The van der Waals surface area contributed by atoms with Gasteiger partial charge in [0.2, 0.25) is 0 Å². The van der Waals surface area contributed by atoms with E-state index in [1.165, 1.54) is 59.1 Å². The second-order valence-corrected chi connectivity index (χ2v) is 8.96. The van der Waals surface area contributed by atoms with Crippen LogP contribution in [0, 0.1) is 0 Å². The number of aromatic nitrogens is 1. The monoisotopic (exact) mass is 494 g/mol. The number of halogens is 3. The molecular formula is C29H29F3N2O2. The average Bonchev–Trinajstić information content (AvgIpc) is 3.53. The summed E-state index contributed by atoms with van der Waals surface area (Å²) in [5.74, 6) is -2.76. The van der Waals surface area contributed by atoms with Crippen molar-refractivity contribution in [2.24, 2.45) is 0 Å². The molecule has 0 amide bonds. The van der Waals surface area contributed by atoms with E-state index >= 15 is 0 Å². The molecule has 1 fully saturated rings. The molecule has 0 unspecified atom stereocenters. The van der Waals surface area contributed by atoms with Gasteiger partial charge >= 0.3 is 12.1 Å². The maximum Gasteiger partial charge on any atom is 0.490 e. The van der Waals surface area contributed by atoms with Crippen LogP contribution in [0.1, 0.15) is 24.0 Å². The Balaban J connectivity index is 0.000000384. The Labute approximate surface area is 208 Å². The summed E-state index contributed by atoms with van der Waals surface area (Å²) in [7, 11) is 0. The van der Waals surface area contributed by atoms with Gasteiger partial charge in [-0.25, -0.2) is 4.79 Å². The SMILES string of the molecule is O=C(O)C(F)(F)F.c1ccc(Cc2cccc(-c3cccc4c3ccn4CCN3CCCC3)c2)cc1. The Bertz CT molecular complexity index is 1290. The van der Waals surface area contributed by atoms with Crippen molar-refractivity contribution in [2.45, 2.75) is 32.0 Å². The van der Waals surface area contributed by atoms with Crippen LogP contribution in [0.3, 0.4) is 0 Å². The molecule has 5 rings (SSSR count). The topological polar surface area (TPSA) is 45.5 Å². The van der Waals surface area contributed by atoms with Crippen LogP contribution in [0.4, 0.5) is 13.2 Å². The normalized spacial score (nSPS) is 14.0. The van der Waals surface area contributed by atoms with E-state index in [0.29, 0.717) is 0 Å². The van der Waals surface area contributed by atoms with E-state index in [4.69, 9.17) is 9.90 Å². The fraction of sp³-hybridized carbons (Fsp3) is 0.276. The fourth-order valence-electron chi connectivity index (χ4n) is 4.61. The molecule has 1 aliphatic heterocycles. The lowest BCUT2D eigenvalue weighted by atomic mass is 9.97. The van der Waals surface area contributed by atoms with Gasteiger partial charge in [-0.1, -0.05) is 66.7 Å². The van der Waals surface area contributed by atoms with E-state index in [0.717, 1.165) is 19.5 Å². The second kappa shape index (κ2) is 11.4. The lowest BCUT2D eigenvalue weighted by Gasteiger charge is -2.15. The number of carboxylic acid groups (broad SMARTS) is 1. The molecule has 0 atom stereocenters. The Kier molecular flexibility index (Phi) is 8.10. The Morgan fingerprint density at radius 1 is 0.833 bits per heavy atom. The van der Waals surface area contributed by atoms with Crippen molar-refractivity contribution >= 4 is 16.9 Å². The van der Waals surface area contributed by atoms with Crippen LogP contribution in [0.5, 0.6) is 0 Å². The highest BCUT2D eigenvalue weighted by molar-refractivity contribution is 5.95. The van der Waals surface area contributed by atoms with Crippen molar-refractivity contribution in [2.75, 3.05) is 19.6 Å². The summed E-state index contributed by atoms with van der Waals surface area (Å²) in [6.07, 6.45) is 0.866. The first-order chi connectivity index (χ1) is 17.3. The van der Waals surface area contributed by atoms with Crippen LogP contribution in [0.25, 0.3) is 22.0 Å². The van der Waals surface area contributed by atoms with E-state index in [1.54, 1.807) is 0 Å². The molecule has 0 spiro atoms. The average molecular weight is 495 g/mol. The summed E-state index contributed by atoms with van der Waals surface area (Å²) in [5, 5.41) is 8.48. The Morgan fingerprint density at radius 3 is 2.19 bits per heavy atom. The lowest BCUT2D eigenvalue weighted by Crippen LogP contribution is -2.23. The van der Waals surface area contributed by atoms with Gasteiger partial charge in [0.05, 0.1) is 0 Å². The van der Waals surface area contributed by atoms with Gasteiger partial charge in [0.1, 0.15) is 0 Å². The van der Waals surface area contributed by atoms with Crippen molar-refractivity contribution in [3.63, 3.8) is 0 Å². The third-order valence-electron chi connectivity index (χ3n) is 6.40. The van der Waals surface area contributed by atoms with Gasteiger partial charge in [-0.2, -0.15) is 13.2 Å². The third-order valence-corrected chi connectivity index (χ3v) is 6.40. The van der Waals surface area contributed by atoms with Crippen LogP contribution < -0.4 is 0 Å². The zero-order valence-electron chi connectivity index (χ0n) is 19.9. The first kappa shape index (κ1) is 25.5. The van der Waals surface area contributed by atoms with Crippen molar-refractivity contribution in [3.05, 3.63) is 96.2 Å². The summed E-state index contributed by atoms with van der Waals surface area (Å²) in [6.45, 7) is 4.75. The largest absolute Gasteiger partial charge is 0.490 e. The molecule has 0 saturated carbocycles. The molecule has 0 bridgehead atoms. The highest BCUT2D eigenvalue weighted by Gasteiger charge is 2.38. The number of hydrogen-bond acceptors (Lipinski definition) is 2. The van der Waals surface area contributed by atoms with Gasteiger partial charge < -0.3 is 14.6 Å². The number of carbonyl (C=O) groups is 1. The highest BCUT2D eigenvalue weighted by Crippen LogP contribution is 2.30. The number of hydrogen-bond donors (Lipinski definition) is 1. The summed E-state index contributed by atoms with van der Waals surface area (Å²) >= 11 is 0. The van der Waals surface area contributed by atoms with Gasteiger partial charge in [0.25, 0.3) is 0 Å². The van der Waals surface area contributed by atoms with E-state index < -0.39 is 12.1 Å². The fourth-order valence-corrected chi connectivity index (χ4v) is 4.61. The first-order valence-corrected chi connectivity index (χ1v) is 12.0. The molecule has 4 nitrogen and oxygen atoms in total. The maximum absolute atomic E-state index is 10.6. The number of carboxylic acids is 1. The molecule has 7 heteroatoms. The smallest absolute Gasteiger partial charge is 0.475 e. The molecule has 188 valence electrons.